The largest absolute Gasteiger partial charge is 0.469 e. The summed E-state index contributed by atoms with van der Waals surface area (Å²) in [6.07, 6.45) is 3.68. The summed E-state index contributed by atoms with van der Waals surface area (Å²) in [6.45, 7) is 2.94. The standard InChI is InChI=1S/C22H28N2O3/c1-5-13-12-24(2)18-10-16-14-8-6-7-9-17(14)23-21(16)19(26-3)11-15(13)20(18)22(25)27-4/h5-9,15,18-20,23H,10-12H2,1-4H3. The van der Waals surface area contributed by atoms with Gasteiger partial charge in [0.2, 0.25) is 0 Å². The number of esters is 1. The van der Waals surface area contributed by atoms with E-state index in [1.54, 1.807) is 7.11 Å². The number of aromatic nitrogens is 1. The highest BCUT2D eigenvalue weighted by Crippen LogP contribution is 2.45. The second-order valence-electron chi connectivity index (χ2n) is 7.73. The Kier molecular flexibility index (Phi) is 4.82. The van der Waals surface area contributed by atoms with E-state index in [0.29, 0.717) is 0 Å². The molecule has 2 aliphatic rings. The predicted molar refractivity (Wildman–Crippen MR) is 106 cm³/mol. The van der Waals surface area contributed by atoms with Crippen LogP contribution in [0.2, 0.25) is 0 Å². The quantitative estimate of drug-likeness (QED) is 0.651. The minimum atomic E-state index is -0.181. The van der Waals surface area contributed by atoms with E-state index in [-0.39, 0.29) is 30.0 Å². The minimum absolute atomic E-state index is 0.0659. The van der Waals surface area contributed by atoms with Crippen LogP contribution in [0.5, 0.6) is 0 Å². The van der Waals surface area contributed by atoms with E-state index in [2.05, 4.69) is 48.1 Å². The number of carbonyl (C=O) groups excluding carboxylic acids is 1. The van der Waals surface area contributed by atoms with Gasteiger partial charge in [-0.3, -0.25) is 9.69 Å². The molecule has 0 saturated carbocycles. The lowest BCUT2D eigenvalue weighted by Crippen LogP contribution is -2.53. The fraction of sp³-hybridized carbons (Fsp3) is 0.500. The highest BCUT2D eigenvalue weighted by molar-refractivity contribution is 5.85. The van der Waals surface area contributed by atoms with Crippen LogP contribution in [-0.4, -0.2) is 49.7 Å². The van der Waals surface area contributed by atoms with E-state index in [0.717, 1.165) is 30.6 Å². The first kappa shape index (κ1) is 18.3. The monoisotopic (exact) mass is 368 g/mol. The lowest BCUT2D eigenvalue weighted by molar-refractivity contribution is -0.151. The molecular formula is C22H28N2O3. The number of benzene rings is 1. The van der Waals surface area contributed by atoms with Crippen molar-refractivity contribution in [2.75, 3.05) is 27.8 Å². The number of hydrogen-bond acceptors (Lipinski definition) is 4. The molecule has 1 saturated heterocycles. The van der Waals surface area contributed by atoms with Crippen LogP contribution in [0.4, 0.5) is 0 Å². The molecular weight excluding hydrogens is 340 g/mol. The fourth-order valence-corrected chi connectivity index (χ4v) is 5.13. The molecule has 4 rings (SSSR count). The Labute approximate surface area is 160 Å². The van der Waals surface area contributed by atoms with Crippen molar-refractivity contribution in [3.63, 3.8) is 0 Å². The molecule has 0 radical (unpaired) electrons. The van der Waals surface area contributed by atoms with E-state index >= 15 is 0 Å². The lowest BCUT2D eigenvalue weighted by atomic mass is 9.70. The van der Waals surface area contributed by atoms with Crippen LogP contribution < -0.4 is 0 Å². The Balaban J connectivity index is 1.91. The van der Waals surface area contributed by atoms with Crippen molar-refractivity contribution in [1.29, 1.82) is 0 Å². The summed E-state index contributed by atoms with van der Waals surface area (Å²) in [5.74, 6) is -0.165. The molecule has 27 heavy (non-hydrogen) atoms. The molecule has 1 aromatic heterocycles. The van der Waals surface area contributed by atoms with Gasteiger partial charge in [-0.05, 0) is 44.4 Å². The van der Waals surface area contributed by atoms with Crippen LogP contribution in [0.1, 0.15) is 30.7 Å². The zero-order valence-electron chi connectivity index (χ0n) is 16.5. The first-order chi connectivity index (χ1) is 13.1. The number of para-hydroxylation sites is 1. The van der Waals surface area contributed by atoms with Gasteiger partial charge in [0.1, 0.15) is 0 Å². The topological polar surface area (TPSA) is 54.6 Å². The zero-order valence-corrected chi connectivity index (χ0v) is 16.5. The Hall–Kier alpha value is -2.11. The van der Waals surface area contributed by atoms with Gasteiger partial charge in [-0.1, -0.05) is 29.8 Å². The predicted octanol–water partition coefficient (Wildman–Crippen LogP) is 3.47. The number of piperidine rings is 1. The molecule has 2 aromatic rings. The molecule has 4 unspecified atom stereocenters. The normalized spacial score (nSPS) is 30.0. The maximum atomic E-state index is 12.8. The molecule has 1 aliphatic heterocycles. The molecule has 4 atom stereocenters. The van der Waals surface area contributed by atoms with Crippen molar-refractivity contribution in [2.45, 2.75) is 31.9 Å². The summed E-state index contributed by atoms with van der Waals surface area (Å²) < 4.78 is 11.2. The number of likely N-dealkylation sites (N-methyl/N-ethyl adjacent to an activating group) is 1. The summed E-state index contributed by atoms with van der Waals surface area (Å²) in [5.41, 5.74) is 4.85. The number of rotatable bonds is 2. The van der Waals surface area contributed by atoms with Crippen molar-refractivity contribution >= 4 is 16.9 Å². The van der Waals surface area contributed by atoms with Gasteiger partial charge in [0.05, 0.1) is 19.1 Å². The van der Waals surface area contributed by atoms with E-state index in [1.165, 1.54) is 23.6 Å². The Bertz CT molecular complexity index is 885. The number of likely N-dealkylation sites (tertiary alicyclic amines) is 1. The SMILES string of the molecule is CC=C1CN(C)C2Cc3c([nH]c4ccccc34)C(OC)CC1C2C(=O)OC. The number of carbonyl (C=O) groups is 1. The van der Waals surface area contributed by atoms with E-state index in [1.807, 2.05) is 6.07 Å². The molecule has 1 N–H and O–H groups in total. The Morgan fingerprint density at radius 1 is 1.30 bits per heavy atom. The second kappa shape index (κ2) is 7.13. The number of hydrogen-bond donors (Lipinski definition) is 1. The van der Waals surface area contributed by atoms with Gasteiger partial charge in [0.15, 0.2) is 0 Å². The molecule has 2 bridgehead atoms. The number of H-pyrrole nitrogens is 1. The van der Waals surface area contributed by atoms with Crippen LogP contribution in [0.15, 0.2) is 35.9 Å². The third kappa shape index (κ3) is 2.89. The second-order valence-corrected chi connectivity index (χ2v) is 7.73. The van der Waals surface area contributed by atoms with E-state index in [4.69, 9.17) is 9.47 Å². The van der Waals surface area contributed by atoms with Gasteiger partial charge in [-0.15, -0.1) is 0 Å². The number of aromatic amines is 1. The summed E-state index contributed by atoms with van der Waals surface area (Å²) in [6, 6.07) is 8.50. The minimum Gasteiger partial charge on any atom is -0.469 e. The van der Waals surface area contributed by atoms with E-state index < -0.39 is 0 Å². The van der Waals surface area contributed by atoms with Gasteiger partial charge in [-0.2, -0.15) is 0 Å². The summed E-state index contributed by atoms with van der Waals surface area (Å²) in [5, 5.41) is 1.22. The molecule has 0 amide bonds. The number of fused-ring (bicyclic) bond motifs is 5. The first-order valence-electron chi connectivity index (χ1n) is 9.64. The van der Waals surface area contributed by atoms with Crippen molar-refractivity contribution in [2.24, 2.45) is 11.8 Å². The molecule has 1 aromatic carbocycles. The summed E-state index contributed by atoms with van der Waals surface area (Å²) >= 11 is 0. The summed E-state index contributed by atoms with van der Waals surface area (Å²) in [7, 11) is 5.37. The van der Waals surface area contributed by atoms with Gasteiger partial charge in [0, 0.05) is 36.3 Å². The number of methoxy groups -OCH3 is 2. The van der Waals surface area contributed by atoms with Crippen LogP contribution in [0, 0.1) is 11.8 Å². The Morgan fingerprint density at radius 3 is 2.78 bits per heavy atom. The molecule has 2 heterocycles. The van der Waals surface area contributed by atoms with E-state index in [9.17, 15) is 4.79 Å². The van der Waals surface area contributed by atoms with Gasteiger partial charge < -0.3 is 14.5 Å². The highest BCUT2D eigenvalue weighted by atomic mass is 16.5. The first-order valence-corrected chi connectivity index (χ1v) is 9.64. The van der Waals surface area contributed by atoms with Crippen LogP contribution >= 0.6 is 0 Å². The van der Waals surface area contributed by atoms with Crippen molar-refractivity contribution in [3.05, 3.63) is 47.2 Å². The third-order valence-corrected chi connectivity index (χ3v) is 6.50. The summed E-state index contributed by atoms with van der Waals surface area (Å²) in [4.78, 5) is 18.7. The molecule has 0 spiro atoms. The van der Waals surface area contributed by atoms with Crippen LogP contribution in [0.3, 0.4) is 0 Å². The Morgan fingerprint density at radius 2 is 2.07 bits per heavy atom. The number of ether oxygens (including phenoxy) is 2. The van der Waals surface area contributed by atoms with Crippen molar-refractivity contribution < 1.29 is 14.3 Å². The fourth-order valence-electron chi connectivity index (χ4n) is 5.13. The molecule has 5 nitrogen and oxygen atoms in total. The smallest absolute Gasteiger partial charge is 0.310 e. The molecule has 1 fully saturated rings. The van der Waals surface area contributed by atoms with Crippen LogP contribution in [0.25, 0.3) is 10.9 Å². The van der Waals surface area contributed by atoms with Crippen molar-refractivity contribution in [3.8, 4) is 0 Å². The number of allylic oxidation sites excluding steroid dienone is 1. The van der Waals surface area contributed by atoms with Gasteiger partial charge in [0.25, 0.3) is 0 Å². The van der Waals surface area contributed by atoms with Crippen LogP contribution in [-0.2, 0) is 20.7 Å². The molecule has 5 heteroatoms. The van der Waals surface area contributed by atoms with Gasteiger partial charge >= 0.3 is 5.97 Å². The van der Waals surface area contributed by atoms with Crippen molar-refractivity contribution in [1.82, 2.24) is 9.88 Å². The maximum absolute atomic E-state index is 12.8. The maximum Gasteiger partial charge on any atom is 0.310 e. The zero-order chi connectivity index (χ0) is 19.1. The third-order valence-electron chi connectivity index (χ3n) is 6.50. The lowest BCUT2D eigenvalue weighted by Gasteiger charge is -2.46. The van der Waals surface area contributed by atoms with Gasteiger partial charge in [-0.25, -0.2) is 0 Å². The number of nitrogens with one attached hydrogen (secondary N) is 1. The molecule has 144 valence electrons. The molecule has 1 aliphatic carbocycles. The highest BCUT2D eigenvalue weighted by Gasteiger charge is 2.47. The average molecular weight is 368 g/mol. The average Bonchev–Trinajstić information content (AvgIpc) is 3.04. The number of nitrogens with zero attached hydrogens (tertiary/aromatic N) is 1.